The minimum atomic E-state index is -0.501. The summed E-state index contributed by atoms with van der Waals surface area (Å²) in [5, 5.41) is 1.97. The number of Topliss-reactive ketones (excluding diaryl/α,β-unsaturated/α-hetero) is 1. The summed E-state index contributed by atoms with van der Waals surface area (Å²) in [5.41, 5.74) is 3.92. The van der Waals surface area contributed by atoms with Crippen molar-refractivity contribution in [3.05, 3.63) is 88.9 Å². The van der Waals surface area contributed by atoms with Gasteiger partial charge in [0, 0.05) is 18.2 Å². The summed E-state index contributed by atoms with van der Waals surface area (Å²) in [7, 11) is 1.30. The van der Waals surface area contributed by atoms with E-state index in [2.05, 4.69) is 14.7 Å². The molecule has 0 aliphatic carbocycles. The molecule has 0 radical (unpaired) electrons. The second-order valence-electron chi connectivity index (χ2n) is 6.92. The van der Waals surface area contributed by atoms with Crippen molar-refractivity contribution in [3.63, 3.8) is 0 Å². The highest BCUT2D eigenvalue weighted by atomic mass is 32.1. The van der Waals surface area contributed by atoms with Crippen LogP contribution < -0.4 is 0 Å². The average Bonchev–Trinajstić information content (AvgIpc) is 3.48. The zero-order valence-corrected chi connectivity index (χ0v) is 17.5. The van der Waals surface area contributed by atoms with Gasteiger partial charge in [-0.15, -0.1) is 11.3 Å². The van der Waals surface area contributed by atoms with Crippen LogP contribution in [-0.4, -0.2) is 28.8 Å². The molecule has 0 saturated carbocycles. The van der Waals surface area contributed by atoms with E-state index in [4.69, 9.17) is 0 Å². The Morgan fingerprint density at radius 1 is 1.13 bits per heavy atom. The SMILES string of the molecule is COC(=O)c1ccc(CCC(=O)c2[nH]c(-c3cccs3)cc2-c2ccc(F)cc2)cn1. The molecule has 0 aliphatic heterocycles. The number of benzene rings is 1. The molecule has 0 saturated heterocycles. The number of aryl methyl sites for hydroxylation is 1. The third kappa shape index (κ3) is 4.62. The third-order valence-corrected chi connectivity index (χ3v) is 5.80. The van der Waals surface area contributed by atoms with Gasteiger partial charge in [0.25, 0.3) is 0 Å². The summed E-state index contributed by atoms with van der Waals surface area (Å²) in [4.78, 5) is 32.9. The van der Waals surface area contributed by atoms with Crippen LogP contribution in [-0.2, 0) is 11.2 Å². The quantitative estimate of drug-likeness (QED) is 0.306. The number of hydrogen-bond acceptors (Lipinski definition) is 5. The lowest BCUT2D eigenvalue weighted by atomic mass is 10.0. The topological polar surface area (TPSA) is 72.1 Å². The molecule has 7 heteroatoms. The molecule has 5 nitrogen and oxygen atoms in total. The van der Waals surface area contributed by atoms with E-state index < -0.39 is 5.97 Å². The number of carbonyl (C=O) groups is 2. The Morgan fingerprint density at radius 2 is 1.94 bits per heavy atom. The van der Waals surface area contributed by atoms with Crippen molar-refractivity contribution in [1.82, 2.24) is 9.97 Å². The van der Waals surface area contributed by atoms with Gasteiger partial charge in [-0.05, 0) is 53.3 Å². The fraction of sp³-hybridized carbons (Fsp3) is 0.125. The number of H-pyrrole nitrogens is 1. The van der Waals surface area contributed by atoms with Gasteiger partial charge in [-0.3, -0.25) is 4.79 Å². The average molecular weight is 434 g/mol. The number of pyridine rings is 1. The molecule has 3 aromatic heterocycles. The lowest BCUT2D eigenvalue weighted by Crippen LogP contribution is -2.06. The summed E-state index contributed by atoms with van der Waals surface area (Å²) >= 11 is 1.57. The molecule has 4 aromatic rings. The molecule has 0 spiro atoms. The molecule has 156 valence electrons. The maximum Gasteiger partial charge on any atom is 0.356 e. The van der Waals surface area contributed by atoms with Crippen molar-refractivity contribution in [3.8, 4) is 21.7 Å². The van der Waals surface area contributed by atoms with Crippen LogP contribution >= 0.6 is 11.3 Å². The number of aromatic nitrogens is 2. The van der Waals surface area contributed by atoms with Gasteiger partial charge in [-0.2, -0.15) is 0 Å². The first-order chi connectivity index (χ1) is 15.0. The number of ether oxygens (including phenoxy) is 1. The van der Waals surface area contributed by atoms with E-state index in [1.54, 1.807) is 41.8 Å². The van der Waals surface area contributed by atoms with Crippen LogP contribution in [0.3, 0.4) is 0 Å². The first-order valence-electron chi connectivity index (χ1n) is 9.64. The Labute approximate surface area is 182 Å². The van der Waals surface area contributed by atoms with Crippen molar-refractivity contribution in [2.45, 2.75) is 12.8 Å². The Kier molecular flexibility index (Phi) is 6.04. The molecule has 31 heavy (non-hydrogen) atoms. The molecule has 1 aromatic carbocycles. The van der Waals surface area contributed by atoms with Crippen molar-refractivity contribution in [2.24, 2.45) is 0 Å². The van der Waals surface area contributed by atoms with Gasteiger partial charge in [0.15, 0.2) is 5.78 Å². The standard InChI is InChI=1S/C24H19FN2O3S/c1-30-24(29)19-10-4-15(14-26-19)5-11-21(28)23-18(16-6-8-17(25)9-7-16)13-20(27-23)22-3-2-12-31-22/h2-4,6-10,12-14,27H,5,11H2,1H3. The van der Waals surface area contributed by atoms with E-state index in [1.807, 2.05) is 23.6 Å². The molecular weight excluding hydrogens is 415 g/mol. The smallest absolute Gasteiger partial charge is 0.356 e. The second-order valence-corrected chi connectivity index (χ2v) is 7.87. The van der Waals surface area contributed by atoms with Crippen molar-refractivity contribution in [1.29, 1.82) is 0 Å². The molecule has 0 bridgehead atoms. The van der Waals surface area contributed by atoms with Crippen molar-refractivity contribution < 1.29 is 18.7 Å². The maximum absolute atomic E-state index is 13.4. The molecule has 0 atom stereocenters. The number of nitrogens with one attached hydrogen (secondary N) is 1. The normalized spacial score (nSPS) is 10.8. The summed E-state index contributed by atoms with van der Waals surface area (Å²) in [6.45, 7) is 0. The maximum atomic E-state index is 13.4. The van der Waals surface area contributed by atoms with Crippen molar-refractivity contribution in [2.75, 3.05) is 7.11 Å². The van der Waals surface area contributed by atoms with E-state index in [9.17, 15) is 14.0 Å². The number of esters is 1. The van der Waals surface area contributed by atoms with Crippen LogP contribution in [0, 0.1) is 5.82 Å². The van der Waals surface area contributed by atoms with Gasteiger partial charge >= 0.3 is 5.97 Å². The van der Waals surface area contributed by atoms with E-state index >= 15 is 0 Å². The number of rotatable bonds is 7. The predicted octanol–water partition coefficient (Wildman–Crippen LogP) is 5.55. The number of halogens is 1. The van der Waals surface area contributed by atoms with Crippen molar-refractivity contribution >= 4 is 23.1 Å². The molecule has 0 aliphatic rings. The molecular formula is C24H19FN2O3S. The van der Waals surface area contributed by atoms with Crippen LogP contribution in [0.25, 0.3) is 21.7 Å². The third-order valence-electron chi connectivity index (χ3n) is 4.90. The first-order valence-corrected chi connectivity index (χ1v) is 10.5. The number of nitrogens with zero attached hydrogens (tertiary/aromatic N) is 1. The molecule has 3 heterocycles. The van der Waals surface area contributed by atoms with Gasteiger partial charge in [0.05, 0.1) is 23.4 Å². The van der Waals surface area contributed by atoms with E-state index in [1.165, 1.54) is 19.2 Å². The lowest BCUT2D eigenvalue weighted by molar-refractivity contribution is 0.0594. The highest BCUT2D eigenvalue weighted by molar-refractivity contribution is 7.13. The number of ketones is 1. The Hall–Kier alpha value is -3.58. The molecule has 4 rings (SSSR count). The van der Waals surface area contributed by atoms with Crippen LogP contribution in [0.15, 0.2) is 66.2 Å². The van der Waals surface area contributed by atoms with Crippen LogP contribution in [0.1, 0.15) is 33.0 Å². The van der Waals surface area contributed by atoms with Gasteiger partial charge in [-0.1, -0.05) is 24.3 Å². The van der Waals surface area contributed by atoms with Crippen LogP contribution in [0.5, 0.6) is 0 Å². The highest BCUT2D eigenvalue weighted by Crippen LogP contribution is 2.32. The van der Waals surface area contributed by atoms with E-state index in [0.29, 0.717) is 12.1 Å². The summed E-state index contributed by atoms with van der Waals surface area (Å²) in [6.07, 6.45) is 2.31. The zero-order valence-electron chi connectivity index (χ0n) is 16.7. The minimum Gasteiger partial charge on any atom is -0.464 e. The fourth-order valence-corrected chi connectivity index (χ4v) is 3.97. The molecule has 0 unspecified atom stereocenters. The summed E-state index contributed by atoms with van der Waals surface area (Å²) in [5.74, 6) is -0.883. The lowest BCUT2D eigenvalue weighted by Gasteiger charge is -2.05. The Bertz CT molecular complexity index is 1200. The highest BCUT2D eigenvalue weighted by Gasteiger charge is 2.18. The van der Waals surface area contributed by atoms with Crippen LogP contribution in [0.2, 0.25) is 0 Å². The number of thiophene rings is 1. The second kappa shape index (κ2) is 9.06. The van der Waals surface area contributed by atoms with Gasteiger partial charge in [0.2, 0.25) is 0 Å². The van der Waals surface area contributed by atoms with Gasteiger partial charge in [-0.25, -0.2) is 14.2 Å². The monoisotopic (exact) mass is 434 g/mol. The number of hydrogen-bond donors (Lipinski definition) is 1. The summed E-state index contributed by atoms with van der Waals surface area (Å²) < 4.78 is 18.0. The molecule has 0 fully saturated rings. The fourth-order valence-electron chi connectivity index (χ4n) is 3.28. The predicted molar refractivity (Wildman–Crippen MR) is 118 cm³/mol. The largest absolute Gasteiger partial charge is 0.464 e. The minimum absolute atomic E-state index is 0.0563. The molecule has 0 amide bonds. The van der Waals surface area contributed by atoms with Gasteiger partial charge < -0.3 is 9.72 Å². The summed E-state index contributed by atoms with van der Waals surface area (Å²) in [6, 6.07) is 15.3. The van der Waals surface area contributed by atoms with Gasteiger partial charge in [0.1, 0.15) is 11.5 Å². The number of methoxy groups -OCH3 is 1. The van der Waals surface area contributed by atoms with E-state index in [-0.39, 0.29) is 23.7 Å². The molecule has 1 N–H and O–H groups in total. The first kappa shape index (κ1) is 20.7. The van der Waals surface area contributed by atoms with Crippen LogP contribution in [0.4, 0.5) is 4.39 Å². The number of carbonyl (C=O) groups excluding carboxylic acids is 2. The Balaban J connectivity index is 1.58. The van der Waals surface area contributed by atoms with E-state index in [0.717, 1.165) is 27.3 Å². The zero-order chi connectivity index (χ0) is 21.8. The number of aromatic amines is 1. The Morgan fingerprint density at radius 3 is 2.58 bits per heavy atom.